The Kier molecular flexibility index (Phi) is 5.69. The molecule has 2 aromatic carbocycles. The Morgan fingerprint density at radius 1 is 1.28 bits per heavy atom. The summed E-state index contributed by atoms with van der Waals surface area (Å²) in [6, 6.07) is 8.40. The molecule has 29 heavy (non-hydrogen) atoms. The Morgan fingerprint density at radius 3 is 2.90 bits per heavy atom. The summed E-state index contributed by atoms with van der Waals surface area (Å²) in [6.45, 7) is 2.70. The van der Waals surface area contributed by atoms with E-state index < -0.39 is 5.82 Å². The first-order valence-corrected chi connectivity index (χ1v) is 9.78. The third-order valence-electron chi connectivity index (χ3n) is 5.09. The van der Waals surface area contributed by atoms with E-state index in [4.69, 9.17) is 21.1 Å². The zero-order valence-corrected chi connectivity index (χ0v) is 17.0. The van der Waals surface area contributed by atoms with E-state index in [1.54, 1.807) is 25.3 Å². The van der Waals surface area contributed by atoms with Crippen LogP contribution < -0.4 is 14.8 Å². The van der Waals surface area contributed by atoms with Crippen molar-refractivity contribution in [2.75, 3.05) is 39.2 Å². The van der Waals surface area contributed by atoms with E-state index in [0.29, 0.717) is 40.7 Å². The molecule has 0 radical (unpaired) electrons. The molecule has 1 aliphatic heterocycles. The Hall–Kier alpha value is -2.64. The molecule has 1 aromatic heterocycles. The van der Waals surface area contributed by atoms with Crippen LogP contribution in [0.5, 0.6) is 11.5 Å². The van der Waals surface area contributed by atoms with Gasteiger partial charge in [0.05, 0.1) is 29.9 Å². The standard InChI is InChI=1S/C21H22ClFN4O2/c1-27-7-6-13(10-27)11-29-19-8-14-17(9-18(19)28-2)24-12-25-21(14)26-16-5-3-4-15(22)20(16)23/h3-5,8-9,12-13H,6-7,10-11H2,1-2H3,(H,24,25,26). The van der Waals surface area contributed by atoms with E-state index >= 15 is 0 Å². The van der Waals surface area contributed by atoms with Gasteiger partial charge in [0.2, 0.25) is 0 Å². The van der Waals surface area contributed by atoms with Crippen molar-refractivity contribution < 1.29 is 13.9 Å². The molecular formula is C21H22ClFN4O2. The molecule has 4 rings (SSSR count). The van der Waals surface area contributed by atoms with Gasteiger partial charge in [-0.25, -0.2) is 14.4 Å². The fraction of sp³-hybridized carbons (Fsp3) is 0.333. The number of nitrogens with one attached hydrogen (secondary N) is 1. The lowest BCUT2D eigenvalue weighted by Crippen LogP contribution is -2.18. The summed E-state index contributed by atoms with van der Waals surface area (Å²) in [5.74, 6) is 1.62. The number of anilines is 2. The molecule has 1 saturated heterocycles. The van der Waals surface area contributed by atoms with Gasteiger partial charge in [-0.1, -0.05) is 17.7 Å². The molecule has 8 heteroatoms. The Labute approximate surface area is 173 Å². The van der Waals surface area contributed by atoms with E-state index in [-0.39, 0.29) is 10.7 Å². The predicted octanol–water partition coefficient (Wildman–Crippen LogP) is 4.51. The molecule has 6 nitrogen and oxygen atoms in total. The lowest BCUT2D eigenvalue weighted by Gasteiger charge is -2.16. The minimum Gasteiger partial charge on any atom is -0.493 e. The van der Waals surface area contributed by atoms with E-state index in [2.05, 4.69) is 27.2 Å². The van der Waals surface area contributed by atoms with Crippen LogP contribution in [0.2, 0.25) is 5.02 Å². The van der Waals surface area contributed by atoms with Crippen LogP contribution in [-0.2, 0) is 0 Å². The number of hydrogen-bond acceptors (Lipinski definition) is 6. The number of aromatic nitrogens is 2. The average molecular weight is 417 g/mol. The van der Waals surface area contributed by atoms with Crippen LogP contribution in [0.4, 0.5) is 15.9 Å². The smallest absolute Gasteiger partial charge is 0.165 e. The van der Waals surface area contributed by atoms with E-state index in [0.717, 1.165) is 19.5 Å². The molecule has 0 bridgehead atoms. The topological polar surface area (TPSA) is 59.5 Å². The van der Waals surface area contributed by atoms with Gasteiger partial charge in [-0.2, -0.15) is 0 Å². The Bertz CT molecular complexity index is 1030. The third kappa shape index (κ3) is 4.21. The fourth-order valence-electron chi connectivity index (χ4n) is 3.53. The maximum atomic E-state index is 14.3. The minimum atomic E-state index is -0.531. The second-order valence-corrected chi connectivity index (χ2v) is 7.60. The molecule has 0 spiro atoms. The average Bonchev–Trinajstić information content (AvgIpc) is 3.14. The molecule has 1 fully saturated rings. The number of ether oxygens (including phenoxy) is 2. The number of benzene rings is 2. The van der Waals surface area contributed by atoms with Crippen molar-refractivity contribution in [3.8, 4) is 11.5 Å². The summed E-state index contributed by atoms with van der Waals surface area (Å²) in [5.41, 5.74) is 0.902. The summed E-state index contributed by atoms with van der Waals surface area (Å²) < 4.78 is 25.9. The van der Waals surface area contributed by atoms with Gasteiger partial charge in [-0.15, -0.1) is 0 Å². The number of nitrogens with zero attached hydrogens (tertiary/aromatic N) is 3. The predicted molar refractivity (Wildman–Crippen MR) is 112 cm³/mol. The number of hydrogen-bond donors (Lipinski definition) is 1. The molecule has 0 saturated carbocycles. The van der Waals surface area contributed by atoms with Gasteiger partial charge >= 0.3 is 0 Å². The summed E-state index contributed by atoms with van der Waals surface area (Å²) in [7, 11) is 3.71. The first-order valence-electron chi connectivity index (χ1n) is 9.40. The highest BCUT2D eigenvalue weighted by molar-refractivity contribution is 6.31. The second kappa shape index (κ2) is 8.39. The molecule has 0 amide bonds. The number of halogens is 2. The van der Waals surface area contributed by atoms with Crippen molar-refractivity contribution in [2.24, 2.45) is 5.92 Å². The highest BCUT2D eigenvalue weighted by atomic mass is 35.5. The van der Waals surface area contributed by atoms with Gasteiger partial charge in [0, 0.05) is 23.9 Å². The molecule has 1 atom stereocenters. The molecule has 152 valence electrons. The molecule has 1 aliphatic rings. The van der Waals surface area contributed by atoms with Crippen LogP contribution in [0.1, 0.15) is 6.42 Å². The largest absolute Gasteiger partial charge is 0.493 e. The van der Waals surface area contributed by atoms with Gasteiger partial charge < -0.3 is 19.7 Å². The Morgan fingerprint density at radius 2 is 2.14 bits per heavy atom. The summed E-state index contributed by atoms with van der Waals surface area (Å²) >= 11 is 5.89. The van der Waals surface area contributed by atoms with Gasteiger partial charge in [0.15, 0.2) is 17.3 Å². The van der Waals surface area contributed by atoms with Crippen molar-refractivity contribution >= 4 is 34.0 Å². The summed E-state index contributed by atoms with van der Waals surface area (Å²) in [4.78, 5) is 10.9. The highest BCUT2D eigenvalue weighted by Gasteiger charge is 2.21. The second-order valence-electron chi connectivity index (χ2n) is 7.20. The molecular weight excluding hydrogens is 395 g/mol. The van der Waals surface area contributed by atoms with Crippen molar-refractivity contribution in [1.82, 2.24) is 14.9 Å². The SMILES string of the molecule is COc1cc2ncnc(Nc3cccc(Cl)c3F)c2cc1OCC1CCN(C)C1. The third-order valence-corrected chi connectivity index (χ3v) is 5.38. The zero-order chi connectivity index (χ0) is 20.4. The minimum absolute atomic E-state index is 0.0422. The lowest BCUT2D eigenvalue weighted by molar-refractivity contribution is 0.239. The summed E-state index contributed by atoms with van der Waals surface area (Å²) in [6.07, 6.45) is 2.53. The first-order chi connectivity index (χ1) is 14.0. The summed E-state index contributed by atoms with van der Waals surface area (Å²) in [5, 5.41) is 3.75. The molecule has 3 aromatic rings. The van der Waals surface area contributed by atoms with Crippen LogP contribution in [0.3, 0.4) is 0 Å². The van der Waals surface area contributed by atoms with Crippen LogP contribution in [0.15, 0.2) is 36.7 Å². The van der Waals surface area contributed by atoms with Crippen molar-refractivity contribution in [3.63, 3.8) is 0 Å². The first kappa shape index (κ1) is 19.7. The Balaban J connectivity index is 1.66. The number of fused-ring (bicyclic) bond motifs is 1. The monoisotopic (exact) mass is 416 g/mol. The maximum Gasteiger partial charge on any atom is 0.165 e. The molecule has 1 unspecified atom stereocenters. The maximum absolute atomic E-state index is 14.3. The van der Waals surface area contributed by atoms with E-state index in [1.165, 1.54) is 12.4 Å². The van der Waals surface area contributed by atoms with E-state index in [1.807, 2.05) is 6.07 Å². The van der Waals surface area contributed by atoms with Crippen LogP contribution in [-0.4, -0.2) is 48.7 Å². The molecule has 2 heterocycles. The fourth-order valence-corrected chi connectivity index (χ4v) is 3.71. The van der Waals surface area contributed by atoms with Crippen molar-refractivity contribution in [3.05, 3.63) is 47.5 Å². The highest BCUT2D eigenvalue weighted by Crippen LogP contribution is 2.36. The molecule has 0 aliphatic carbocycles. The quantitative estimate of drug-likeness (QED) is 0.638. The van der Waals surface area contributed by atoms with Gasteiger partial charge in [-0.3, -0.25) is 0 Å². The van der Waals surface area contributed by atoms with Crippen molar-refractivity contribution in [2.45, 2.75) is 6.42 Å². The van der Waals surface area contributed by atoms with E-state index in [9.17, 15) is 4.39 Å². The lowest BCUT2D eigenvalue weighted by atomic mass is 10.1. The number of likely N-dealkylation sites (tertiary alicyclic amines) is 1. The van der Waals surface area contributed by atoms with Gasteiger partial charge in [0.1, 0.15) is 12.1 Å². The van der Waals surface area contributed by atoms with Crippen LogP contribution in [0, 0.1) is 11.7 Å². The van der Waals surface area contributed by atoms with Gasteiger partial charge in [-0.05, 0) is 38.2 Å². The normalized spacial score (nSPS) is 16.9. The number of rotatable bonds is 6. The van der Waals surface area contributed by atoms with Crippen LogP contribution in [0.25, 0.3) is 10.9 Å². The van der Waals surface area contributed by atoms with Gasteiger partial charge in [0.25, 0.3) is 0 Å². The zero-order valence-electron chi connectivity index (χ0n) is 16.3. The van der Waals surface area contributed by atoms with Crippen molar-refractivity contribution in [1.29, 1.82) is 0 Å². The van der Waals surface area contributed by atoms with Crippen LogP contribution >= 0.6 is 11.6 Å². The number of methoxy groups -OCH3 is 1. The molecule has 1 N–H and O–H groups in total.